The standard InChI is InChI=1S/C25H27N3O7/c1-4-32-19-8-15-7-14(2)35-20(15)9-16(19)11-26-22(29)12-28-23(30)25(3,27-24(28)31)17-5-6-18-21(10-17)34-13-33-18/h5-6,8-10,14H,4,7,11-13H2,1-3H3,(H,26,29)(H,27,31)/t14-,25+/m0/s1. The fourth-order valence-corrected chi connectivity index (χ4v) is 4.55. The first-order valence-corrected chi connectivity index (χ1v) is 11.5. The van der Waals surface area contributed by atoms with Crippen molar-refractivity contribution in [2.75, 3.05) is 19.9 Å². The summed E-state index contributed by atoms with van der Waals surface area (Å²) in [7, 11) is 0. The van der Waals surface area contributed by atoms with Crippen molar-refractivity contribution in [3.8, 4) is 23.0 Å². The number of benzene rings is 2. The maximum absolute atomic E-state index is 13.2. The van der Waals surface area contributed by atoms with E-state index in [1.807, 2.05) is 26.0 Å². The Kier molecular flexibility index (Phi) is 5.66. The predicted octanol–water partition coefficient (Wildman–Crippen LogP) is 2.22. The number of amides is 4. The third kappa shape index (κ3) is 4.09. The van der Waals surface area contributed by atoms with Gasteiger partial charge < -0.3 is 29.6 Å². The van der Waals surface area contributed by atoms with Crippen LogP contribution in [0.4, 0.5) is 4.79 Å². The Morgan fingerprint density at radius 1 is 1.20 bits per heavy atom. The van der Waals surface area contributed by atoms with Gasteiger partial charge in [-0.3, -0.25) is 14.5 Å². The summed E-state index contributed by atoms with van der Waals surface area (Å²) in [6, 6.07) is 8.22. The molecule has 0 radical (unpaired) electrons. The number of imide groups is 1. The highest BCUT2D eigenvalue weighted by atomic mass is 16.7. The first-order chi connectivity index (χ1) is 16.8. The molecular formula is C25H27N3O7. The minimum atomic E-state index is -1.32. The molecule has 35 heavy (non-hydrogen) atoms. The van der Waals surface area contributed by atoms with Crippen LogP contribution < -0.4 is 29.6 Å². The number of carbonyl (C=O) groups is 3. The molecule has 2 aromatic carbocycles. The van der Waals surface area contributed by atoms with Crippen LogP contribution in [0.5, 0.6) is 23.0 Å². The van der Waals surface area contributed by atoms with Crippen molar-refractivity contribution >= 4 is 17.8 Å². The zero-order valence-electron chi connectivity index (χ0n) is 19.8. The minimum Gasteiger partial charge on any atom is -0.494 e. The van der Waals surface area contributed by atoms with E-state index in [4.69, 9.17) is 18.9 Å². The van der Waals surface area contributed by atoms with Gasteiger partial charge in [0.05, 0.1) is 6.61 Å². The van der Waals surface area contributed by atoms with Crippen molar-refractivity contribution in [1.82, 2.24) is 15.5 Å². The molecule has 184 valence electrons. The lowest BCUT2D eigenvalue weighted by Crippen LogP contribution is -2.43. The summed E-state index contributed by atoms with van der Waals surface area (Å²) in [6.07, 6.45) is 0.888. The molecule has 10 heteroatoms. The van der Waals surface area contributed by atoms with E-state index in [0.717, 1.165) is 28.2 Å². The summed E-state index contributed by atoms with van der Waals surface area (Å²) in [5.41, 5.74) is 1.04. The number of nitrogens with one attached hydrogen (secondary N) is 2. The number of hydrogen-bond donors (Lipinski definition) is 2. The van der Waals surface area contributed by atoms with Crippen LogP contribution in [0.2, 0.25) is 0 Å². The van der Waals surface area contributed by atoms with E-state index in [9.17, 15) is 14.4 Å². The molecule has 2 atom stereocenters. The van der Waals surface area contributed by atoms with Crippen molar-refractivity contribution in [2.24, 2.45) is 0 Å². The molecule has 5 rings (SSSR count). The lowest BCUT2D eigenvalue weighted by atomic mass is 9.91. The average Bonchev–Trinajstić information content (AvgIpc) is 3.49. The second-order valence-corrected chi connectivity index (χ2v) is 8.92. The van der Waals surface area contributed by atoms with E-state index in [0.29, 0.717) is 29.4 Å². The van der Waals surface area contributed by atoms with Crippen LogP contribution in [0.1, 0.15) is 37.5 Å². The molecule has 0 aromatic heterocycles. The van der Waals surface area contributed by atoms with Crippen LogP contribution in [-0.4, -0.2) is 48.8 Å². The molecule has 2 N–H and O–H groups in total. The maximum atomic E-state index is 13.2. The normalized spacial score (nSPS) is 22.0. The Labute approximate surface area is 202 Å². The second kappa shape index (κ2) is 8.68. The van der Waals surface area contributed by atoms with Gasteiger partial charge in [-0.25, -0.2) is 4.79 Å². The van der Waals surface area contributed by atoms with Crippen molar-refractivity contribution in [1.29, 1.82) is 0 Å². The van der Waals surface area contributed by atoms with Gasteiger partial charge in [0.2, 0.25) is 12.7 Å². The Morgan fingerprint density at radius 3 is 2.80 bits per heavy atom. The smallest absolute Gasteiger partial charge is 0.325 e. The molecule has 0 saturated carbocycles. The fourth-order valence-electron chi connectivity index (χ4n) is 4.55. The quantitative estimate of drug-likeness (QED) is 0.583. The lowest BCUT2D eigenvalue weighted by molar-refractivity contribution is -0.134. The number of nitrogens with zero attached hydrogens (tertiary/aromatic N) is 1. The molecular weight excluding hydrogens is 454 g/mol. The molecule has 4 amide bonds. The van der Waals surface area contributed by atoms with Crippen molar-refractivity contribution < 1.29 is 33.3 Å². The topological polar surface area (TPSA) is 115 Å². The van der Waals surface area contributed by atoms with E-state index in [2.05, 4.69) is 10.6 Å². The zero-order valence-corrected chi connectivity index (χ0v) is 19.8. The summed E-state index contributed by atoms with van der Waals surface area (Å²) >= 11 is 0. The maximum Gasteiger partial charge on any atom is 0.325 e. The zero-order chi connectivity index (χ0) is 24.7. The highest BCUT2D eigenvalue weighted by Crippen LogP contribution is 2.38. The van der Waals surface area contributed by atoms with Gasteiger partial charge in [-0.15, -0.1) is 0 Å². The Morgan fingerprint density at radius 2 is 2.00 bits per heavy atom. The third-order valence-electron chi connectivity index (χ3n) is 6.38. The van der Waals surface area contributed by atoms with Crippen LogP contribution in [0.15, 0.2) is 30.3 Å². The van der Waals surface area contributed by atoms with E-state index < -0.39 is 29.9 Å². The Balaban J connectivity index is 1.26. The molecule has 2 aromatic rings. The summed E-state index contributed by atoms with van der Waals surface area (Å²) in [6.45, 7) is 5.83. The number of hydrogen-bond acceptors (Lipinski definition) is 7. The molecule has 3 heterocycles. The van der Waals surface area contributed by atoms with Gasteiger partial charge in [-0.1, -0.05) is 6.07 Å². The molecule has 0 unspecified atom stereocenters. The monoisotopic (exact) mass is 481 g/mol. The largest absolute Gasteiger partial charge is 0.494 e. The highest BCUT2D eigenvalue weighted by Gasteiger charge is 2.49. The minimum absolute atomic E-state index is 0.0862. The second-order valence-electron chi connectivity index (χ2n) is 8.92. The molecule has 0 spiro atoms. The van der Waals surface area contributed by atoms with Gasteiger partial charge in [0.25, 0.3) is 5.91 Å². The van der Waals surface area contributed by atoms with E-state index in [1.165, 1.54) is 0 Å². The average molecular weight is 482 g/mol. The molecule has 1 saturated heterocycles. The van der Waals surface area contributed by atoms with E-state index in [-0.39, 0.29) is 19.4 Å². The van der Waals surface area contributed by atoms with Gasteiger partial charge in [0, 0.05) is 24.1 Å². The number of urea groups is 1. The van der Waals surface area contributed by atoms with Gasteiger partial charge in [0.15, 0.2) is 11.5 Å². The number of ether oxygens (including phenoxy) is 4. The summed E-state index contributed by atoms with van der Waals surface area (Å²) in [5.74, 6) is 1.53. The van der Waals surface area contributed by atoms with Crippen molar-refractivity contribution in [3.05, 3.63) is 47.0 Å². The Hall–Kier alpha value is -3.95. The molecule has 10 nitrogen and oxygen atoms in total. The van der Waals surface area contributed by atoms with Crippen molar-refractivity contribution in [3.63, 3.8) is 0 Å². The SMILES string of the molecule is CCOc1cc2c(cc1CNC(=O)CN1C(=O)N[C@](C)(c3ccc4c(c3)OCO4)C1=O)O[C@@H](C)C2. The van der Waals surface area contributed by atoms with Crippen LogP contribution in [0.3, 0.4) is 0 Å². The Bertz CT molecular complexity index is 1210. The lowest BCUT2D eigenvalue weighted by Gasteiger charge is -2.22. The fraction of sp³-hybridized carbons (Fsp3) is 0.400. The summed E-state index contributed by atoms with van der Waals surface area (Å²) in [5, 5.41) is 5.48. The van der Waals surface area contributed by atoms with Gasteiger partial charge in [0.1, 0.15) is 29.7 Å². The number of carbonyl (C=O) groups excluding carboxylic acids is 3. The van der Waals surface area contributed by atoms with E-state index in [1.54, 1.807) is 25.1 Å². The van der Waals surface area contributed by atoms with E-state index >= 15 is 0 Å². The molecule has 3 aliphatic rings. The summed E-state index contributed by atoms with van der Waals surface area (Å²) < 4.78 is 22.3. The third-order valence-corrected chi connectivity index (χ3v) is 6.38. The van der Waals surface area contributed by atoms with Crippen LogP contribution in [0.25, 0.3) is 0 Å². The van der Waals surface area contributed by atoms with Gasteiger partial charge >= 0.3 is 6.03 Å². The van der Waals surface area contributed by atoms with Crippen LogP contribution >= 0.6 is 0 Å². The number of rotatable bonds is 7. The molecule has 1 fully saturated rings. The highest BCUT2D eigenvalue weighted by molar-refractivity contribution is 6.09. The van der Waals surface area contributed by atoms with Gasteiger partial charge in [-0.05, 0) is 50.6 Å². The van der Waals surface area contributed by atoms with Crippen molar-refractivity contribution in [2.45, 2.75) is 45.4 Å². The summed E-state index contributed by atoms with van der Waals surface area (Å²) in [4.78, 5) is 39.5. The van der Waals surface area contributed by atoms with Gasteiger partial charge in [-0.2, -0.15) is 0 Å². The molecule has 0 bridgehead atoms. The first kappa shape index (κ1) is 22.8. The predicted molar refractivity (Wildman–Crippen MR) is 123 cm³/mol. The molecule has 0 aliphatic carbocycles. The molecule has 3 aliphatic heterocycles. The number of fused-ring (bicyclic) bond motifs is 2. The first-order valence-electron chi connectivity index (χ1n) is 11.5. The van der Waals surface area contributed by atoms with Crippen LogP contribution in [0, 0.1) is 0 Å². The van der Waals surface area contributed by atoms with Crippen LogP contribution in [-0.2, 0) is 28.1 Å².